The van der Waals surface area contributed by atoms with Crippen molar-refractivity contribution in [1.29, 1.82) is 0 Å². The van der Waals surface area contributed by atoms with E-state index in [4.69, 9.17) is 9.73 Å². The number of likely N-dealkylation sites (tertiary alicyclic amines) is 1. The van der Waals surface area contributed by atoms with E-state index in [0.717, 1.165) is 70.6 Å². The lowest BCUT2D eigenvalue weighted by molar-refractivity contribution is 0.114. The first kappa shape index (κ1) is 22.2. The third-order valence-corrected chi connectivity index (χ3v) is 4.47. The van der Waals surface area contributed by atoms with Gasteiger partial charge in [-0.2, -0.15) is 0 Å². The van der Waals surface area contributed by atoms with Gasteiger partial charge in [0.2, 0.25) is 0 Å². The summed E-state index contributed by atoms with van der Waals surface area (Å²) in [4.78, 5) is 11.5. The van der Waals surface area contributed by atoms with E-state index in [9.17, 15) is 0 Å². The summed E-state index contributed by atoms with van der Waals surface area (Å²) in [6.45, 7) is 12.9. The maximum absolute atomic E-state index is 5.57. The lowest BCUT2D eigenvalue weighted by Gasteiger charge is -2.21. The second kappa shape index (κ2) is 12.5. The van der Waals surface area contributed by atoms with Crippen molar-refractivity contribution in [3.05, 3.63) is 18.2 Å². The lowest BCUT2D eigenvalue weighted by Crippen LogP contribution is -2.40. The third kappa shape index (κ3) is 7.52. The highest BCUT2D eigenvalue weighted by atomic mass is 127. The Labute approximate surface area is 169 Å². The molecule has 6 nitrogen and oxygen atoms in total. The van der Waals surface area contributed by atoms with Gasteiger partial charge in [-0.05, 0) is 40.0 Å². The average Bonchev–Trinajstić information content (AvgIpc) is 3.21. The zero-order valence-electron chi connectivity index (χ0n) is 15.9. The maximum Gasteiger partial charge on any atom is 0.193 e. The number of hydrogen-bond donors (Lipinski definition) is 1. The topological polar surface area (TPSA) is 54.7 Å². The first-order valence-electron chi connectivity index (χ1n) is 9.33. The molecule has 1 atom stereocenters. The Kier molecular flexibility index (Phi) is 11.1. The highest BCUT2D eigenvalue weighted by Gasteiger charge is 2.24. The largest absolute Gasteiger partial charge is 0.381 e. The Balaban J connectivity index is 0.00000312. The van der Waals surface area contributed by atoms with Gasteiger partial charge in [-0.3, -0.25) is 4.99 Å². The Morgan fingerprint density at radius 2 is 2.24 bits per heavy atom. The van der Waals surface area contributed by atoms with Crippen LogP contribution in [0.5, 0.6) is 0 Å². The van der Waals surface area contributed by atoms with Crippen LogP contribution < -0.4 is 5.32 Å². The van der Waals surface area contributed by atoms with Gasteiger partial charge in [-0.25, -0.2) is 4.98 Å². The van der Waals surface area contributed by atoms with Crippen molar-refractivity contribution < 1.29 is 4.74 Å². The molecule has 0 amide bonds. The number of aliphatic imine (C=N–C) groups is 1. The van der Waals surface area contributed by atoms with Crippen LogP contribution in [0.4, 0.5) is 0 Å². The first-order valence-corrected chi connectivity index (χ1v) is 9.33. The van der Waals surface area contributed by atoms with Crippen LogP contribution in [0.25, 0.3) is 0 Å². The smallest absolute Gasteiger partial charge is 0.193 e. The van der Waals surface area contributed by atoms with Crippen LogP contribution in [0, 0.1) is 12.8 Å². The number of aromatic nitrogens is 2. The van der Waals surface area contributed by atoms with Crippen LogP contribution in [-0.2, 0) is 11.3 Å². The van der Waals surface area contributed by atoms with Crippen LogP contribution >= 0.6 is 24.0 Å². The van der Waals surface area contributed by atoms with Gasteiger partial charge in [0.1, 0.15) is 5.82 Å². The number of guanidine groups is 1. The molecule has 1 saturated heterocycles. The van der Waals surface area contributed by atoms with Crippen LogP contribution in [-0.4, -0.2) is 59.8 Å². The maximum atomic E-state index is 5.57. The number of nitrogens with one attached hydrogen (secondary N) is 1. The molecule has 1 unspecified atom stereocenters. The summed E-state index contributed by atoms with van der Waals surface area (Å²) < 4.78 is 7.77. The van der Waals surface area contributed by atoms with E-state index in [-0.39, 0.29) is 24.0 Å². The fourth-order valence-corrected chi connectivity index (χ4v) is 3.09. The molecule has 1 aliphatic rings. The summed E-state index contributed by atoms with van der Waals surface area (Å²) in [6.07, 6.45) is 7.34. The Hall–Kier alpha value is -0.830. The van der Waals surface area contributed by atoms with Gasteiger partial charge in [0.15, 0.2) is 5.96 Å². The van der Waals surface area contributed by atoms with Crippen molar-refractivity contribution in [2.75, 3.05) is 39.4 Å². The molecule has 0 radical (unpaired) electrons. The van der Waals surface area contributed by atoms with Crippen molar-refractivity contribution >= 4 is 29.9 Å². The zero-order chi connectivity index (χ0) is 17.2. The van der Waals surface area contributed by atoms with Crippen molar-refractivity contribution in [3.63, 3.8) is 0 Å². The summed E-state index contributed by atoms with van der Waals surface area (Å²) in [6, 6.07) is 0. The molecule has 1 N–H and O–H groups in total. The van der Waals surface area contributed by atoms with Gasteiger partial charge >= 0.3 is 0 Å². The molecule has 144 valence electrons. The van der Waals surface area contributed by atoms with E-state index in [1.165, 1.54) is 6.42 Å². The number of ether oxygens (including phenoxy) is 1. The molecule has 1 aromatic rings. The number of hydrogen-bond acceptors (Lipinski definition) is 3. The summed E-state index contributed by atoms with van der Waals surface area (Å²) >= 11 is 0. The number of unbranched alkanes of at least 4 members (excludes halogenated alkanes) is 1. The molecule has 1 fully saturated rings. The Bertz CT molecular complexity index is 505. The van der Waals surface area contributed by atoms with Crippen molar-refractivity contribution in [2.45, 2.75) is 46.6 Å². The monoisotopic (exact) mass is 463 g/mol. The molecular formula is C18H34IN5O. The average molecular weight is 463 g/mol. The van der Waals surface area contributed by atoms with Gasteiger partial charge in [-0.1, -0.05) is 0 Å². The lowest BCUT2D eigenvalue weighted by atomic mass is 10.1. The normalized spacial score (nSPS) is 17.6. The Morgan fingerprint density at radius 1 is 1.40 bits per heavy atom. The third-order valence-electron chi connectivity index (χ3n) is 4.47. The quantitative estimate of drug-likeness (QED) is 0.265. The first-order chi connectivity index (χ1) is 11.7. The molecule has 0 bridgehead atoms. The molecule has 0 aliphatic carbocycles. The van der Waals surface area contributed by atoms with Gasteiger partial charge in [0, 0.05) is 57.6 Å². The van der Waals surface area contributed by atoms with E-state index in [1.807, 2.05) is 19.3 Å². The molecule has 0 saturated carbocycles. The van der Waals surface area contributed by atoms with Crippen LogP contribution in [0.15, 0.2) is 17.4 Å². The summed E-state index contributed by atoms with van der Waals surface area (Å²) in [5, 5.41) is 3.43. The minimum absolute atomic E-state index is 0. The molecular weight excluding hydrogens is 429 g/mol. The minimum Gasteiger partial charge on any atom is -0.381 e. The minimum atomic E-state index is 0. The highest BCUT2D eigenvalue weighted by Crippen LogP contribution is 2.16. The van der Waals surface area contributed by atoms with Crippen LogP contribution in [0.2, 0.25) is 0 Å². The molecule has 1 aromatic heterocycles. The van der Waals surface area contributed by atoms with Crippen molar-refractivity contribution in [3.8, 4) is 0 Å². The summed E-state index contributed by atoms with van der Waals surface area (Å²) in [7, 11) is 0. The molecule has 0 spiro atoms. The van der Waals surface area contributed by atoms with Gasteiger partial charge in [0.05, 0.1) is 6.61 Å². The number of nitrogens with zero attached hydrogens (tertiary/aromatic N) is 4. The molecule has 2 rings (SSSR count). The van der Waals surface area contributed by atoms with E-state index in [1.54, 1.807) is 0 Å². The standard InChI is InChI=1S/C18H33N5O.HI/c1-4-19-18(23-12-8-17(14-23)15-24-5-2)21-9-6-7-11-22-13-10-20-16(22)3;/h10,13,17H,4-9,11-12,14-15H2,1-3H3,(H,19,21);1H. The number of rotatable bonds is 9. The van der Waals surface area contributed by atoms with Crippen molar-refractivity contribution in [2.24, 2.45) is 10.9 Å². The van der Waals surface area contributed by atoms with Crippen molar-refractivity contribution in [1.82, 2.24) is 19.8 Å². The van der Waals surface area contributed by atoms with E-state index >= 15 is 0 Å². The molecule has 25 heavy (non-hydrogen) atoms. The molecule has 0 aromatic carbocycles. The summed E-state index contributed by atoms with van der Waals surface area (Å²) in [5.74, 6) is 2.79. The summed E-state index contributed by atoms with van der Waals surface area (Å²) in [5.41, 5.74) is 0. The number of halogens is 1. The van der Waals surface area contributed by atoms with Gasteiger partial charge < -0.3 is 19.5 Å². The highest BCUT2D eigenvalue weighted by molar-refractivity contribution is 14.0. The predicted molar refractivity (Wildman–Crippen MR) is 114 cm³/mol. The molecule has 2 heterocycles. The number of imidazole rings is 1. The second-order valence-electron chi connectivity index (χ2n) is 6.37. The fourth-order valence-electron chi connectivity index (χ4n) is 3.09. The van der Waals surface area contributed by atoms with Gasteiger partial charge in [-0.15, -0.1) is 24.0 Å². The second-order valence-corrected chi connectivity index (χ2v) is 6.37. The molecule has 7 heteroatoms. The zero-order valence-corrected chi connectivity index (χ0v) is 18.2. The van der Waals surface area contributed by atoms with Crippen LogP contribution in [0.3, 0.4) is 0 Å². The SMILES string of the molecule is CCNC(=NCCCCn1ccnc1C)N1CCC(COCC)C1.I. The Morgan fingerprint density at radius 3 is 2.92 bits per heavy atom. The number of aryl methyl sites for hydroxylation is 2. The van der Waals surface area contributed by atoms with Crippen LogP contribution in [0.1, 0.15) is 38.9 Å². The predicted octanol–water partition coefficient (Wildman–Crippen LogP) is 2.91. The van der Waals surface area contributed by atoms with E-state index in [2.05, 4.69) is 33.6 Å². The van der Waals surface area contributed by atoms with E-state index in [0.29, 0.717) is 5.92 Å². The van der Waals surface area contributed by atoms with E-state index < -0.39 is 0 Å². The van der Waals surface area contributed by atoms with Gasteiger partial charge in [0.25, 0.3) is 0 Å². The molecule has 1 aliphatic heterocycles. The fraction of sp³-hybridized carbons (Fsp3) is 0.778.